The van der Waals surface area contributed by atoms with Gasteiger partial charge in [-0.15, -0.1) is 0 Å². The lowest BCUT2D eigenvalue weighted by Gasteiger charge is -2.32. The highest BCUT2D eigenvalue weighted by Gasteiger charge is 2.36. The summed E-state index contributed by atoms with van der Waals surface area (Å²) in [6.45, 7) is 3.26. The average Bonchev–Trinajstić information content (AvgIpc) is 3.07. The summed E-state index contributed by atoms with van der Waals surface area (Å²) in [6.07, 6.45) is 4.74. The largest absolute Gasteiger partial charge is 0.378 e. The van der Waals surface area contributed by atoms with Gasteiger partial charge >= 0.3 is 0 Å². The average molecular weight is 325 g/mol. The van der Waals surface area contributed by atoms with Gasteiger partial charge in [-0.3, -0.25) is 0 Å². The van der Waals surface area contributed by atoms with Gasteiger partial charge in [-0.2, -0.15) is 4.31 Å². The van der Waals surface area contributed by atoms with Crippen molar-refractivity contribution in [1.82, 2.24) is 23.4 Å². The molecule has 0 saturated carbocycles. The summed E-state index contributed by atoms with van der Waals surface area (Å²) in [5.74, 6) is 0.734. The van der Waals surface area contributed by atoms with E-state index in [4.69, 9.17) is 4.74 Å². The van der Waals surface area contributed by atoms with Crippen molar-refractivity contribution in [3.05, 3.63) is 30.2 Å². The molecule has 0 aliphatic carbocycles. The molecule has 120 valence electrons. The van der Waals surface area contributed by atoms with Gasteiger partial charge in [-0.05, 0) is 6.92 Å². The van der Waals surface area contributed by atoms with Crippen LogP contribution in [-0.4, -0.2) is 45.5 Å². The van der Waals surface area contributed by atoms with Gasteiger partial charge < -0.3 is 13.9 Å². The van der Waals surface area contributed by atoms with Crippen LogP contribution >= 0.6 is 0 Å². The van der Waals surface area contributed by atoms with Crippen LogP contribution in [0, 0.1) is 0 Å². The normalized spacial score (nSPS) is 19.3. The third kappa shape index (κ3) is 2.34. The molecule has 0 spiro atoms. The predicted octanol–water partition coefficient (Wildman–Crippen LogP) is 0.528. The van der Waals surface area contributed by atoms with Crippen LogP contribution in [0.5, 0.6) is 0 Å². The van der Waals surface area contributed by atoms with Crippen LogP contribution < -0.4 is 0 Å². The number of aromatic nitrogens is 4. The van der Waals surface area contributed by atoms with Gasteiger partial charge in [0.2, 0.25) is 0 Å². The number of fused-ring (bicyclic) bond motifs is 1. The number of ether oxygens (including phenoxy) is 1. The third-order valence-corrected chi connectivity index (χ3v) is 5.72. The third-order valence-electron chi connectivity index (χ3n) is 3.87. The Kier molecular flexibility index (Phi) is 3.79. The molecule has 0 N–H and O–H groups in total. The number of methoxy groups -OCH3 is 1. The SMILES string of the molecule is COCc1cnc2n1CCN(S(=O)(=O)c1cn(C)cn1)[C@H]2C. The molecule has 1 atom stereocenters. The first-order valence-corrected chi connectivity index (χ1v) is 8.42. The van der Waals surface area contributed by atoms with E-state index in [1.807, 2.05) is 11.5 Å². The van der Waals surface area contributed by atoms with E-state index >= 15 is 0 Å². The predicted molar refractivity (Wildman–Crippen MR) is 78.5 cm³/mol. The van der Waals surface area contributed by atoms with Gasteiger partial charge in [-0.25, -0.2) is 18.4 Å². The van der Waals surface area contributed by atoms with Gasteiger partial charge in [0, 0.05) is 33.4 Å². The minimum absolute atomic E-state index is 0.0685. The highest BCUT2D eigenvalue weighted by atomic mass is 32.2. The van der Waals surface area contributed by atoms with E-state index in [2.05, 4.69) is 9.97 Å². The van der Waals surface area contributed by atoms with Crippen LogP contribution in [0.1, 0.15) is 24.5 Å². The van der Waals surface area contributed by atoms with E-state index in [0.29, 0.717) is 19.7 Å². The Labute approximate surface area is 129 Å². The van der Waals surface area contributed by atoms with Gasteiger partial charge in [0.1, 0.15) is 5.82 Å². The number of rotatable bonds is 4. The minimum Gasteiger partial charge on any atom is -0.378 e. The van der Waals surface area contributed by atoms with Crippen molar-refractivity contribution in [3.8, 4) is 0 Å². The molecule has 1 aliphatic rings. The monoisotopic (exact) mass is 325 g/mol. The number of hydrogen-bond acceptors (Lipinski definition) is 5. The quantitative estimate of drug-likeness (QED) is 0.819. The van der Waals surface area contributed by atoms with Crippen molar-refractivity contribution in [2.45, 2.75) is 31.1 Å². The highest BCUT2D eigenvalue weighted by molar-refractivity contribution is 7.89. The molecule has 0 aromatic carbocycles. The number of hydrogen-bond donors (Lipinski definition) is 0. The molecule has 0 unspecified atom stereocenters. The van der Waals surface area contributed by atoms with Crippen molar-refractivity contribution in [1.29, 1.82) is 0 Å². The van der Waals surface area contributed by atoms with Gasteiger partial charge in [0.05, 0.1) is 30.9 Å². The van der Waals surface area contributed by atoms with E-state index in [-0.39, 0.29) is 11.1 Å². The Balaban J connectivity index is 1.94. The molecular formula is C13H19N5O3S. The van der Waals surface area contributed by atoms with E-state index < -0.39 is 10.0 Å². The highest BCUT2D eigenvalue weighted by Crippen LogP contribution is 2.30. The molecule has 1 aliphatic heterocycles. The molecular weight excluding hydrogens is 306 g/mol. The summed E-state index contributed by atoms with van der Waals surface area (Å²) in [5.41, 5.74) is 0.958. The van der Waals surface area contributed by atoms with E-state index in [1.54, 1.807) is 24.9 Å². The smallest absolute Gasteiger partial charge is 0.262 e. The van der Waals surface area contributed by atoms with Gasteiger partial charge in [-0.1, -0.05) is 0 Å². The molecule has 2 aromatic heterocycles. The fraction of sp³-hybridized carbons (Fsp3) is 0.538. The minimum atomic E-state index is -3.62. The molecule has 0 fully saturated rings. The first-order valence-electron chi connectivity index (χ1n) is 6.98. The standard InChI is InChI=1S/C13H19N5O3S/c1-10-13-14-6-11(8-21-3)17(13)4-5-18(10)22(19,20)12-7-16(2)9-15-12/h6-7,9-10H,4-5,8H2,1-3H3/t10-/m0/s1. The maximum absolute atomic E-state index is 12.7. The molecule has 0 radical (unpaired) electrons. The Morgan fingerprint density at radius 2 is 2.14 bits per heavy atom. The molecule has 8 nitrogen and oxygen atoms in total. The lowest BCUT2D eigenvalue weighted by Crippen LogP contribution is -2.41. The molecule has 0 bridgehead atoms. The summed E-state index contributed by atoms with van der Waals surface area (Å²) >= 11 is 0. The zero-order chi connectivity index (χ0) is 15.9. The van der Waals surface area contributed by atoms with Crippen LogP contribution in [0.4, 0.5) is 0 Å². The van der Waals surface area contributed by atoms with Crippen LogP contribution in [0.3, 0.4) is 0 Å². The van der Waals surface area contributed by atoms with Gasteiger partial charge in [0.25, 0.3) is 10.0 Å². The molecule has 22 heavy (non-hydrogen) atoms. The van der Waals surface area contributed by atoms with E-state index in [9.17, 15) is 8.42 Å². The lowest BCUT2D eigenvalue weighted by molar-refractivity contribution is 0.173. The Morgan fingerprint density at radius 1 is 1.36 bits per heavy atom. The molecule has 3 heterocycles. The summed E-state index contributed by atoms with van der Waals surface area (Å²) in [4.78, 5) is 8.34. The number of sulfonamides is 1. The second-order valence-corrected chi connectivity index (χ2v) is 7.20. The first-order chi connectivity index (χ1) is 10.4. The van der Waals surface area contributed by atoms with Crippen LogP contribution in [0.2, 0.25) is 0 Å². The maximum atomic E-state index is 12.7. The molecule has 9 heteroatoms. The van der Waals surface area contributed by atoms with Crippen LogP contribution in [0.15, 0.2) is 23.7 Å². The fourth-order valence-corrected chi connectivity index (χ4v) is 4.33. The van der Waals surface area contributed by atoms with Gasteiger partial charge in [0.15, 0.2) is 5.03 Å². The Morgan fingerprint density at radius 3 is 2.77 bits per heavy atom. The number of imidazole rings is 2. The topological polar surface area (TPSA) is 82.3 Å². The maximum Gasteiger partial charge on any atom is 0.262 e. The van der Waals surface area contributed by atoms with Crippen molar-refractivity contribution < 1.29 is 13.2 Å². The number of nitrogens with zero attached hydrogens (tertiary/aromatic N) is 5. The van der Waals surface area contributed by atoms with E-state index in [0.717, 1.165) is 11.5 Å². The lowest BCUT2D eigenvalue weighted by atomic mass is 10.2. The number of aryl methyl sites for hydroxylation is 1. The van der Waals surface area contributed by atoms with Crippen LogP contribution in [-0.2, 0) is 35.0 Å². The van der Waals surface area contributed by atoms with E-state index in [1.165, 1.54) is 16.8 Å². The van der Waals surface area contributed by atoms with Crippen molar-refractivity contribution in [2.75, 3.05) is 13.7 Å². The Hall–Kier alpha value is -1.71. The second-order valence-electron chi connectivity index (χ2n) is 5.36. The fourth-order valence-electron chi connectivity index (χ4n) is 2.77. The summed E-state index contributed by atoms with van der Waals surface area (Å²) < 4.78 is 35.7. The summed E-state index contributed by atoms with van der Waals surface area (Å²) in [5, 5.41) is 0.0685. The molecule has 0 amide bonds. The first kappa shape index (κ1) is 15.2. The second kappa shape index (κ2) is 5.49. The zero-order valence-corrected chi connectivity index (χ0v) is 13.6. The Bertz CT molecular complexity index is 779. The van der Waals surface area contributed by atoms with Crippen molar-refractivity contribution in [3.63, 3.8) is 0 Å². The van der Waals surface area contributed by atoms with Crippen molar-refractivity contribution >= 4 is 10.0 Å². The van der Waals surface area contributed by atoms with Crippen LogP contribution in [0.25, 0.3) is 0 Å². The van der Waals surface area contributed by atoms with Crippen molar-refractivity contribution in [2.24, 2.45) is 7.05 Å². The summed E-state index contributed by atoms with van der Waals surface area (Å²) in [7, 11) is -0.245. The molecule has 0 saturated heterocycles. The zero-order valence-electron chi connectivity index (χ0n) is 12.8. The molecule has 3 rings (SSSR count). The summed E-state index contributed by atoms with van der Waals surface area (Å²) in [6, 6.07) is -0.341. The molecule has 2 aromatic rings.